The van der Waals surface area contributed by atoms with Crippen molar-refractivity contribution in [2.75, 3.05) is 18.2 Å². The van der Waals surface area contributed by atoms with Crippen molar-refractivity contribution >= 4 is 52.0 Å². The van der Waals surface area contributed by atoms with Gasteiger partial charge in [0.15, 0.2) is 0 Å². The minimum atomic E-state index is -0.350. The molecule has 25 heavy (non-hydrogen) atoms. The van der Waals surface area contributed by atoms with E-state index < -0.39 is 0 Å². The van der Waals surface area contributed by atoms with Gasteiger partial charge in [0.2, 0.25) is 0 Å². The summed E-state index contributed by atoms with van der Waals surface area (Å²) in [5.74, 6) is 0.892. The normalized spacial score (nSPS) is 10.7. The fourth-order valence-electron chi connectivity index (χ4n) is 2.28. The van der Waals surface area contributed by atoms with E-state index >= 15 is 0 Å². The van der Waals surface area contributed by atoms with Crippen molar-refractivity contribution in [2.24, 2.45) is 0 Å². The van der Waals surface area contributed by atoms with Crippen LogP contribution in [0.2, 0.25) is 15.1 Å². The number of aromatic nitrogens is 2. The summed E-state index contributed by atoms with van der Waals surface area (Å²) in [6.45, 7) is 0. The van der Waals surface area contributed by atoms with Gasteiger partial charge in [-0.3, -0.25) is 9.89 Å². The topological polar surface area (TPSA) is 85.1 Å². The van der Waals surface area contributed by atoms with Gasteiger partial charge in [0.25, 0.3) is 5.56 Å². The monoisotopic (exact) mass is 398 g/mol. The number of methoxy groups -OCH3 is 1. The summed E-state index contributed by atoms with van der Waals surface area (Å²) in [6, 6.07) is 9.49. The van der Waals surface area contributed by atoms with Crippen molar-refractivity contribution < 1.29 is 4.74 Å². The average Bonchev–Trinajstić information content (AvgIpc) is 2.90. The number of H-pyrrole nitrogens is 1. The molecule has 0 amide bonds. The molecule has 4 N–H and O–H groups in total. The fraction of sp³-hybridized carbons (Fsp3) is 0.0625. The van der Waals surface area contributed by atoms with Gasteiger partial charge in [-0.05, 0) is 18.2 Å². The molecule has 0 aliphatic rings. The van der Waals surface area contributed by atoms with Gasteiger partial charge < -0.3 is 15.8 Å². The zero-order chi connectivity index (χ0) is 18.1. The summed E-state index contributed by atoms with van der Waals surface area (Å²) in [4.78, 5) is 12.3. The first-order valence-electron chi connectivity index (χ1n) is 7.06. The highest BCUT2D eigenvalue weighted by molar-refractivity contribution is 6.38. The zero-order valence-corrected chi connectivity index (χ0v) is 15.2. The molecular weight excluding hydrogens is 387 g/mol. The number of aromatic amines is 1. The van der Waals surface area contributed by atoms with Crippen molar-refractivity contribution in [3.05, 3.63) is 61.8 Å². The Morgan fingerprint density at radius 1 is 1.08 bits per heavy atom. The molecule has 0 unspecified atom stereocenters. The standard InChI is InChI=1S/C16H13Cl3N4O2/c1-25-9-5-11(18)16(12(19)6-9)23-15(24)7-14(22-23)21-13-4-8(20)2-3-10(13)17/h2-7,21-22H,20H2,1H3. The first-order chi connectivity index (χ1) is 11.9. The number of hydrogen-bond acceptors (Lipinski definition) is 4. The second kappa shape index (κ2) is 6.92. The fourth-order valence-corrected chi connectivity index (χ4v) is 3.08. The molecule has 1 aromatic heterocycles. The maximum Gasteiger partial charge on any atom is 0.273 e. The van der Waals surface area contributed by atoms with Gasteiger partial charge >= 0.3 is 0 Å². The van der Waals surface area contributed by atoms with Gasteiger partial charge in [-0.15, -0.1) is 0 Å². The number of nitrogens with two attached hydrogens (primary N) is 1. The Morgan fingerprint density at radius 2 is 1.76 bits per heavy atom. The lowest BCUT2D eigenvalue weighted by atomic mass is 10.3. The van der Waals surface area contributed by atoms with Crippen LogP contribution in [-0.4, -0.2) is 16.9 Å². The summed E-state index contributed by atoms with van der Waals surface area (Å²) in [6.07, 6.45) is 0. The first kappa shape index (κ1) is 17.5. The molecule has 0 aliphatic carbocycles. The lowest BCUT2D eigenvalue weighted by Gasteiger charge is -2.10. The third-order valence-electron chi connectivity index (χ3n) is 3.43. The van der Waals surface area contributed by atoms with Crippen molar-refractivity contribution in [1.29, 1.82) is 0 Å². The Hall–Kier alpha value is -2.28. The van der Waals surface area contributed by atoms with Gasteiger partial charge in [0.05, 0.1) is 27.9 Å². The Balaban J connectivity index is 2.02. The van der Waals surface area contributed by atoms with E-state index in [9.17, 15) is 4.79 Å². The molecule has 130 valence electrons. The van der Waals surface area contributed by atoms with E-state index in [4.69, 9.17) is 45.3 Å². The van der Waals surface area contributed by atoms with Gasteiger partial charge in [0, 0.05) is 23.9 Å². The largest absolute Gasteiger partial charge is 0.497 e. The highest BCUT2D eigenvalue weighted by Crippen LogP contribution is 2.33. The lowest BCUT2D eigenvalue weighted by Crippen LogP contribution is -2.14. The second-order valence-corrected chi connectivity index (χ2v) is 6.37. The number of nitrogen functional groups attached to an aromatic ring is 1. The maximum absolute atomic E-state index is 12.3. The molecule has 3 rings (SSSR count). The predicted molar refractivity (Wildman–Crippen MR) is 102 cm³/mol. The Kier molecular flexibility index (Phi) is 4.85. The number of nitrogens with zero attached hydrogens (tertiary/aromatic N) is 1. The van der Waals surface area contributed by atoms with Gasteiger partial charge in [-0.25, -0.2) is 4.68 Å². The molecule has 3 aromatic rings. The lowest BCUT2D eigenvalue weighted by molar-refractivity contribution is 0.415. The highest BCUT2D eigenvalue weighted by Gasteiger charge is 2.15. The molecule has 0 aliphatic heterocycles. The molecular formula is C16H13Cl3N4O2. The SMILES string of the molecule is COc1cc(Cl)c(-n2[nH]c(Nc3cc(N)ccc3Cl)cc2=O)c(Cl)c1. The number of rotatable bonds is 4. The van der Waals surface area contributed by atoms with Crippen LogP contribution in [0.1, 0.15) is 0 Å². The Labute approximate surface area is 158 Å². The molecule has 0 radical (unpaired) electrons. The first-order valence-corrected chi connectivity index (χ1v) is 8.20. The number of hydrogen-bond donors (Lipinski definition) is 3. The molecule has 6 nitrogen and oxygen atoms in total. The van der Waals surface area contributed by atoms with Crippen LogP contribution in [0, 0.1) is 0 Å². The van der Waals surface area contributed by atoms with Crippen LogP contribution in [0.25, 0.3) is 5.69 Å². The molecule has 0 bridgehead atoms. The smallest absolute Gasteiger partial charge is 0.273 e. The van der Waals surface area contributed by atoms with E-state index in [1.54, 1.807) is 30.3 Å². The van der Waals surface area contributed by atoms with E-state index in [1.165, 1.54) is 17.9 Å². The van der Waals surface area contributed by atoms with E-state index in [-0.39, 0.29) is 15.6 Å². The molecule has 1 heterocycles. The van der Waals surface area contributed by atoms with Crippen molar-refractivity contribution in [3.63, 3.8) is 0 Å². The third-order valence-corrected chi connectivity index (χ3v) is 4.34. The number of nitrogens with one attached hydrogen (secondary N) is 2. The average molecular weight is 400 g/mol. The van der Waals surface area contributed by atoms with Crippen molar-refractivity contribution in [3.8, 4) is 11.4 Å². The zero-order valence-electron chi connectivity index (χ0n) is 12.9. The van der Waals surface area contributed by atoms with Crippen LogP contribution in [0.15, 0.2) is 41.2 Å². The molecule has 0 saturated carbocycles. The second-order valence-electron chi connectivity index (χ2n) is 5.15. The van der Waals surface area contributed by atoms with E-state index in [0.717, 1.165) is 0 Å². The number of benzene rings is 2. The van der Waals surface area contributed by atoms with Crippen LogP contribution in [0.5, 0.6) is 5.75 Å². The van der Waals surface area contributed by atoms with Gasteiger partial charge in [-0.1, -0.05) is 34.8 Å². The highest BCUT2D eigenvalue weighted by atomic mass is 35.5. The maximum atomic E-state index is 12.3. The summed E-state index contributed by atoms with van der Waals surface area (Å²) in [7, 11) is 1.50. The Bertz CT molecular complexity index is 974. The van der Waals surface area contributed by atoms with Crippen LogP contribution < -0.4 is 21.3 Å². The molecule has 0 atom stereocenters. The number of ether oxygens (including phenoxy) is 1. The van der Waals surface area contributed by atoms with Crippen molar-refractivity contribution in [2.45, 2.75) is 0 Å². The molecule has 0 fully saturated rings. The number of halogens is 3. The van der Waals surface area contributed by atoms with Crippen LogP contribution in [0.4, 0.5) is 17.2 Å². The van der Waals surface area contributed by atoms with E-state index in [0.29, 0.717) is 33.7 Å². The number of anilines is 3. The predicted octanol–water partition coefficient (Wildman–Crippen LogP) is 4.46. The minimum absolute atomic E-state index is 0.266. The summed E-state index contributed by atoms with van der Waals surface area (Å²) < 4.78 is 6.33. The van der Waals surface area contributed by atoms with Crippen LogP contribution >= 0.6 is 34.8 Å². The van der Waals surface area contributed by atoms with Crippen LogP contribution in [0.3, 0.4) is 0 Å². The Morgan fingerprint density at radius 3 is 2.40 bits per heavy atom. The quantitative estimate of drug-likeness (QED) is 0.565. The molecule has 0 spiro atoms. The van der Waals surface area contributed by atoms with E-state index in [2.05, 4.69) is 10.4 Å². The van der Waals surface area contributed by atoms with Crippen LogP contribution in [-0.2, 0) is 0 Å². The third kappa shape index (κ3) is 3.56. The van der Waals surface area contributed by atoms with E-state index in [1.807, 2.05) is 0 Å². The summed E-state index contributed by atoms with van der Waals surface area (Å²) in [5, 5.41) is 6.89. The molecule has 0 saturated heterocycles. The van der Waals surface area contributed by atoms with Gasteiger partial charge in [0.1, 0.15) is 17.3 Å². The van der Waals surface area contributed by atoms with Crippen molar-refractivity contribution in [1.82, 2.24) is 9.78 Å². The molecule has 2 aromatic carbocycles. The summed E-state index contributed by atoms with van der Waals surface area (Å²) in [5.41, 5.74) is 6.82. The molecule has 9 heteroatoms. The minimum Gasteiger partial charge on any atom is -0.497 e. The summed E-state index contributed by atoms with van der Waals surface area (Å²) >= 11 is 18.6. The van der Waals surface area contributed by atoms with Gasteiger partial charge in [-0.2, -0.15) is 0 Å².